The lowest BCUT2D eigenvalue weighted by molar-refractivity contribution is 0.243. The van der Waals surface area contributed by atoms with E-state index in [1.54, 1.807) is 19.2 Å². The Balaban J connectivity index is 1.83. The van der Waals surface area contributed by atoms with Gasteiger partial charge in [-0.3, -0.25) is 0 Å². The van der Waals surface area contributed by atoms with Crippen molar-refractivity contribution in [1.82, 2.24) is 0 Å². The maximum atomic E-state index is 9.60. The fourth-order valence-corrected chi connectivity index (χ4v) is 2.93. The van der Waals surface area contributed by atoms with Gasteiger partial charge in [0.2, 0.25) is 0 Å². The molecule has 124 valence electrons. The molecule has 0 saturated carbocycles. The molecule has 5 heteroatoms. The van der Waals surface area contributed by atoms with Gasteiger partial charge in [0.15, 0.2) is 0 Å². The third kappa shape index (κ3) is 5.31. The van der Waals surface area contributed by atoms with Crippen LogP contribution >= 0.6 is 23.2 Å². The molecule has 0 fully saturated rings. The quantitative estimate of drug-likeness (QED) is 0.682. The molecular formula is C18H20Cl2O3. The molecule has 1 N–H and O–H groups in total. The first-order chi connectivity index (χ1) is 11.1. The highest BCUT2D eigenvalue weighted by Gasteiger charge is 2.14. The van der Waals surface area contributed by atoms with E-state index in [1.807, 2.05) is 30.3 Å². The molecule has 0 aromatic heterocycles. The van der Waals surface area contributed by atoms with Crippen molar-refractivity contribution in [1.29, 1.82) is 0 Å². The molecule has 0 bridgehead atoms. The summed E-state index contributed by atoms with van der Waals surface area (Å²) < 4.78 is 10.8. The van der Waals surface area contributed by atoms with Crippen LogP contribution in [0.15, 0.2) is 42.5 Å². The zero-order valence-electron chi connectivity index (χ0n) is 13.0. The Morgan fingerprint density at radius 2 is 1.74 bits per heavy atom. The molecular weight excluding hydrogens is 335 g/mol. The molecule has 0 aliphatic carbocycles. The highest BCUT2D eigenvalue weighted by atomic mass is 35.5. The van der Waals surface area contributed by atoms with Gasteiger partial charge in [-0.05, 0) is 54.8 Å². The molecule has 0 amide bonds. The second-order valence-corrected chi connectivity index (χ2v) is 6.06. The van der Waals surface area contributed by atoms with Gasteiger partial charge in [0.1, 0.15) is 11.5 Å². The van der Waals surface area contributed by atoms with Gasteiger partial charge in [-0.15, -0.1) is 0 Å². The van der Waals surface area contributed by atoms with Gasteiger partial charge in [0.25, 0.3) is 0 Å². The van der Waals surface area contributed by atoms with Crippen LogP contribution in [0.2, 0.25) is 10.0 Å². The highest BCUT2D eigenvalue weighted by Crippen LogP contribution is 2.30. The second kappa shape index (κ2) is 9.02. The van der Waals surface area contributed by atoms with Crippen molar-refractivity contribution in [2.24, 2.45) is 0 Å². The number of benzene rings is 2. The smallest absolute Gasteiger partial charge is 0.119 e. The van der Waals surface area contributed by atoms with E-state index in [4.69, 9.17) is 32.7 Å². The molecule has 0 aliphatic heterocycles. The average Bonchev–Trinajstić information content (AvgIpc) is 2.56. The lowest BCUT2D eigenvalue weighted by Crippen LogP contribution is -2.07. The number of rotatable bonds is 8. The van der Waals surface area contributed by atoms with Crippen LogP contribution in [0.25, 0.3) is 0 Å². The van der Waals surface area contributed by atoms with E-state index in [1.165, 1.54) is 0 Å². The first kappa shape index (κ1) is 17.9. The van der Waals surface area contributed by atoms with Crippen molar-refractivity contribution in [3.63, 3.8) is 0 Å². The Kier molecular flexibility index (Phi) is 7.03. The molecule has 23 heavy (non-hydrogen) atoms. The standard InChI is InChI=1S/C18H20Cl2O3/c1-22-15-5-7-16(8-6-15)23-10-2-3-13(12-21)17-9-4-14(19)11-18(17)20/h4-9,11,13,21H,2-3,10,12H2,1H3/t13-/m0/s1. The van der Waals surface area contributed by atoms with Gasteiger partial charge in [-0.25, -0.2) is 0 Å². The number of aliphatic hydroxyl groups is 1. The largest absolute Gasteiger partial charge is 0.497 e. The third-order valence-corrected chi connectivity index (χ3v) is 4.21. The van der Waals surface area contributed by atoms with Gasteiger partial charge in [-0.1, -0.05) is 29.3 Å². The average molecular weight is 355 g/mol. The Hall–Kier alpha value is -1.42. The van der Waals surface area contributed by atoms with Crippen LogP contribution in [0.5, 0.6) is 11.5 Å². The monoisotopic (exact) mass is 354 g/mol. The number of hydrogen-bond acceptors (Lipinski definition) is 3. The summed E-state index contributed by atoms with van der Waals surface area (Å²) in [5.74, 6) is 1.59. The predicted molar refractivity (Wildman–Crippen MR) is 94.0 cm³/mol. The third-order valence-electron chi connectivity index (χ3n) is 3.65. The second-order valence-electron chi connectivity index (χ2n) is 5.21. The van der Waals surface area contributed by atoms with E-state index in [2.05, 4.69) is 0 Å². The molecule has 1 atom stereocenters. The topological polar surface area (TPSA) is 38.7 Å². The fraction of sp³-hybridized carbons (Fsp3) is 0.333. The SMILES string of the molecule is COc1ccc(OCCC[C@@H](CO)c2ccc(Cl)cc2Cl)cc1. The summed E-state index contributed by atoms with van der Waals surface area (Å²) >= 11 is 12.1. The molecule has 0 aliphatic rings. The number of hydrogen-bond donors (Lipinski definition) is 1. The Morgan fingerprint density at radius 1 is 1.04 bits per heavy atom. The van der Waals surface area contributed by atoms with Gasteiger partial charge in [0.05, 0.1) is 13.7 Å². The molecule has 2 aromatic rings. The van der Waals surface area contributed by atoms with Gasteiger partial charge < -0.3 is 14.6 Å². The van der Waals surface area contributed by atoms with Crippen LogP contribution in [0.3, 0.4) is 0 Å². The van der Waals surface area contributed by atoms with E-state index in [-0.39, 0.29) is 12.5 Å². The van der Waals surface area contributed by atoms with E-state index in [9.17, 15) is 5.11 Å². The summed E-state index contributed by atoms with van der Waals surface area (Å²) in [7, 11) is 1.63. The van der Waals surface area contributed by atoms with E-state index < -0.39 is 0 Å². The maximum absolute atomic E-state index is 9.60. The highest BCUT2D eigenvalue weighted by molar-refractivity contribution is 6.35. The lowest BCUT2D eigenvalue weighted by atomic mass is 9.95. The van der Waals surface area contributed by atoms with E-state index in [0.29, 0.717) is 16.7 Å². The van der Waals surface area contributed by atoms with Crippen LogP contribution in [0.1, 0.15) is 24.3 Å². The Labute approximate surface area is 146 Å². The molecule has 0 unspecified atom stereocenters. The summed E-state index contributed by atoms with van der Waals surface area (Å²) in [6, 6.07) is 12.8. The number of ether oxygens (including phenoxy) is 2. The molecule has 0 heterocycles. The summed E-state index contributed by atoms with van der Waals surface area (Å²) in [6.45, 7) is 0.623. The zero-order chi connectivity index (χ0) is 16.7. The van der Waals surface area contributed by atoms with Gasteiger partial charge >= 0.3 is 0 Å². The van der Waals surface area contributed by atoms with Crippen LogP contribution in [0, 0.1) is 0 Å². The molecule has 2 aromatic carbocycles. The summed E-state index contributed by atoms with van der Waals surface area (Å²) in [5.41, 5.74) is 0.919. The summed E-state index contributed by atoms with van der Waals surface area (Å²) in [4.78, 5) is 0. The van der Waals surface area contributed by atoms with Gasteiger partial charge in [-0.2, -0.15) is 0 Å². The predicted octanol–water partition coefficient (Wildman–Crippen LogP) is 4.94. The Bertz CT molecular complexity index is 614. The van der Waals surface area contributed by atoms with Crippen molar-refractivity contribution in [2.75, 3.05) is 20.3 Å². The zero-order valence-corrected chi connectivity index (χ0v) is 14.5. The Morgan fingerprint density at radius 3 is 2.35 bits per heavy atom. The minimum absolute atomic E-state index is 0.0146. The first-order valence-corrected chi connectivity index (χ1v) is 8.22. The number of aliphatic hydroxyl groups excluding tert-OH is 1. The number of halogens is 2. The molecule has 0 radical (unpaired) electrons. The molecule has 2 rings (SSSR count). The van der Waals surface area contributed by atoms with Crippen molar-refractivity contribution in [3.8, 4) is 11.5 Å². The van der Waals surface area contributed by atoms with Crippen molar-refractivity contribution in [2.45, 2.75) is 18.8 Å². The minimum Gasteiger partial charge on any atom is -0.497 e. The molecule has 0 spiro atoms. The fourth-order valence-electron chi connectivity index (χ4n) is 2.37. The van der Waals surface area contributed by atoms with Crippen LogP contribution in [0.4, 0.5) is 0 Å². The van der Waals surface area contributed by atoms with Crippen molar-refractivity contribution < 1.29 is 14.6 Å². The minimum atomic E-state index is -0.0146. The van der Waals surface area contributed by atoms with E-state index in [0.717, 1.165) is 29.9 Å². The van der Waals surface area contributed by atoms with Crippen LogP contribution in [-0.4, -0.2) is 25.4 Å². The summed E-state index contributed by atoms with van der Waals surface area (Å²) in [6.07, 6.45) is 1.60. The van der Waals surface area contributed by atoms with Crippen molar-refractivity contribution in [3.05, 3.63) is 58.1 Å². The first-order valence-electron chi connectivity index (χ1n) is 7.46. The lowest BCUT2D eigenvalue weighted by Gasteiger charge is -2.16. The maximum Gasteiger partial charge on any atom is 0.119 e. The number of methoxy groups -OCH3 is 1. The normalized spacial score (nSPS) is 12.0. The van der Waals surface area contributed by atoms with Crippen molar-refractivity contribution >= 4 is 23.2 Å². The van der Waals surface area contributed by atoms with E-state index >= 15 is 0 Å². The van der Waals surface area contributed by atoms with Crippen LogP contribution < -0.4 is 9.47 Å². The van der Waals surface area contributed by atoms with Crippen LogP contribution in [-0.2, 0) is 0 Å². The van der Waals surface area contributed by atoms with Gasteiger partial charge in [0, 0.05) is 22.6 Å². The summed E-state index contributed by atoms with van der Waals surface area (Å²) in [5, 5.41) is 10.8. The molecule has 0 saturated heterocycles. The molecule has 3 nitrogen and oxygen atoms in total.